The van der Waals surface area contributed by atoms with Gasteiger partial charge in [0.1, 0.15) is 5.82 Å². The Kier molecular flexibility index (Phi) is 3.46. The van der Waals surface area contributed by atoms with Gasteiger partial charge in [-0.25, -0.2) is 13.4 Å². The molecule has 0 fully saturated rings. The van der Waals surface area contributed by atoms with Gasteiger partial charge >= 0.3 is 0 Å². The van der Waals surface area contributed by atoms with Crippen molar-refractivity contribution in [3.63, 3.8) is 0 Å². The molecule has 0 aliphatic carbocycles. The highest BCUT2D eigenvalue weighted by Gasteiger charge is 2.24. The Morgan fingerprint density at radius 3 is 3.00 bits per heavy atom. The molecular formula is C10H14N4O3S. The molecule has 1 aromatic heterocycles. The van der Waals surface area contributed by atoms with Gasteiger partial charge in [0.05, 0.1) is 11.8 Å². The van der Waals surface area contributed by atoms with Crippen LogP contribution in [-0.2, 0) is 16.3 Å². The van der Waals surface area contributed by atoms with Crippen LogP contribution in [0.3, 0.4) is 0 Å². The number of rotatable bonds is 4. The zero-order chi connectivity index (χ0) is 13.2. The van der Waals surface area contributed by atoms with Gasteiger partial charge in [-0.3, -0.25) is 9.89 Å². The predicted molar refractivity (Wildman–Crippen MR) is 64.6 cm³/mol. The van der Waals surface area contributed by atoms with Crippen LogP contribution in [-0.4, -0.2) is 41.3 Å². The summed E-state index contributed by atoms with van der Waals surface area (Å²) in [5.74, 6) is 0.110. The molecule has 8 heteroatoms. The van der Waals surface area contributed by atoms with Crippen LogP contribution in [0.2, 0.25) is 0 Å². The topological polar surface area (TPSA) is 105 Å². The molecule has 1 unspecified atom stereocenters. The molecule has 7 nitrogen and oxygen atoms in total. The van der Waals surface area contributed by atoms with Crippen LogP contribution in [0, 0.1) is 0 Å². The Bertz CT molecular complexity index is 576. The Balaban J connectivity index is 1.98. The highest BCUT2D eigenvalue weighted by molar-refractivity contribution is 7.94. The Hall–Kier alpha value is -1.70. The van der Waals surface area contributed by atoms with Gasteiger partial charge in [0.2, 0.25) is 5.82 Å². The predicted octanol–water partition coefficient (Wildman–Crippen LogP) is -0.202. The van der Waals surface area contributed by atoms with E-state index in [9.17, 15) is 13.2 Å². The average molecular weight is 270 g/mol. The molecule has 2 N–H and O–H groups in total. The van der Waals surface area contributed by atoms with Crippen LogP contribution < -0.4 is 5.32 Å². The van der Waals surface area contributed by atoms with Crippen molar-refractivity contribution in [2.45, 2.75) is 25.8 Å². The van der Waals surface area contributed by atoms with Crippen LogP contribution in [0.1, 0.15) is 29.8 Å². The molecule has 2 rings (SSSR count). The summed E-state index contributed by atoms with van der Waals surface area (Å²) in [7, 11) is -3.17. The molecule has 98 valence electrons. The molecule has 18 heavy (non-hydrogen) atoms. The minimum absolute atomic E-state index is 0.0381. The maximum absolute atomic E-state index is 11.7. The summed E-state index contributed by atoms with van der Waals surface area (Å²) in [5.41, 5.74) is 0. The monoisotopic (exact) mass is 270 g/mol. The number of hydrogen-bond acceptors (Lipinski definition) is 5. The molecule has 0 aromatic carbocycles. The Morgan fingerprint density at radius 1 is 1.61 bits per heavy atom. The lowest BCUT2D eigenvalue weighted by Gasteiger charge is -2.06. The van der Waals surface area contributed by atoms with Crippen molar-refractivity contribution < 1.29 is 13.2 Å². The fourth-order valence-corrected chi connectivity index (χ4v) is 2.88. The van der Waals surface area contributed by atoms with E-state index in [1.54, 1.807) is 0 Å². The van der Waals surface area contributed by atoms with E-state index in [0.29, 0.717) is 5.82 Å². The number of aryl methyl sites for hydroxylation is 1. The number of nitrogens with one attached hydrogen (secondary N) is 2. The van der Waals surface area contributed by atoms with Gasteiger partial charge in [-0.15, -0.1) is 5.10 Å². The number of aromatic amines is 1. The number of nitrogens with zero attached hydrogens (tertiary/aromatic N) is 2. The number of sulfone groups is 1. The van der Waals surface area contributed by atoms with Crippen LogP contribution in [0.15, 0.2) is 11.5 Å². The second-order valence-electron chi connectivity index (χ2n) is 4.09. The second kappa shape index (κ2) is 4.89. The molecule has 0 saturated carbocycles. The standard InChI is InChI=1S/C10H14N4O3S/c1-2-3-8-12-9(14-13-8)10(15)11-7-4-5-18(16,17)6-7/h4-5,7H,2-3,6H2,1H3,(H,11,15)(H,12,13,14). The first kappa shape index (κ1) is 12.7. The molecule has 1 atom stereocenters. The van der Waals surface area contributed by atoms with Crippen LogP contribution >= 0.6 is 0 Å². The largest absolute Gasteiger partial charge is 0.342 e. The maximum atomic E-state index is 11.7. The lowest BCUT2D eigenvalue weighted by atomic mass is 10.3. The third-order valence-electron chi connectivity index (χ3n) is 2.47. The molecule has 2 heterocycles. The van der Waals surface area contributed by atoms with E-state index in [0.717, 1.165) is 18.2 Å². The van der Waals surface area contributed by atoms with Crippen molar-refractivity contribution in [2.75, 3.05) is 5.75 Å². The van der Waals surface area contributed by atoms with Gasteiger partial charge in [0, 0.05) is 11.8 Å². The Labute approximate surface area is 105 Å². The van der Waals surface area contributed by atoms with E-state index in [1.165, 1.54) is 6.08 Å². The van der Waals surface area contributed by atoms with E-state index in [1.807, 2.05) is 6.92 Å². The van der Waals surface area contributed by atoms with E-state index >= 15 is 0 Å². The summed E-state index contributed by atoms with van der Waals surface area (Å²) in [6, 6.07) is -0.504. The van der Waals surface area contributed by atoms with Crippen molar-refractivity contribution in [2.24, 2.45) is 0 Å². The summed E-state index contributed by atoms with van der Waals surface area (Å²) in [6.45, 7) is 2.00. The minimum atomic E-state index is -3.17. The number of carbonyl (C=O) groups excluding carboxylic acids is 1. The van der Waals surface area contributed by atoms with E-state index in [-0.39, 0.29) is 11.6 Å². The van der Waals surface area contributed by atoms with Crippen molar-refractivity contribution in [3.8, 4) is 0 Å². The SMILES string of the molecule is CCCc1nc(C(=O)NC2C=CS(=O)(=O)C2)n[nH]1. The summed E-state index contributed by atoms with van der Waals surface area (Å²) in [5, 5.41) is 10.1. The molecule has 1 aromatic rings. The van der Waals surface area contributed by atoms with Gasteiger partial charge in [-0.05, 0) is 12.5 Å². The normalized spacial score (nSPS) is 21.1. The van der Waals surface area contributed by atoms with Gasteiger partial charge in [0.25, 0.3) is 5.91 Å². The molecule has 0 spiro atoms. The fourth-order valence-electron chi connectivity index (χ4n) is 1.64. The smallest absolute Gasteiger partial charge is 0.291 e. The number of aromatic nitrogens is 3. The van der Waals surface area contributed by atoms with Gasteiger partial charge in [-0.1, -0.05) is 6.92 Å². The molecule has 0 radical (unpaired) electrons. The number of carbonyl (C=O) groups is 1. The first-order valence-corrected chi connectivity index (χ1v) is 7.35. The zero-order valence-electron chi connectivity index (χ0n) is 9.88. The highest BCUT2D eigenvalue weighted by Crippen LogP contribution is 2.08. The lowest BCUT2D eigenvalue weighted by Crippen LogP contribution is -2.36. The maximum Gasteiger partial charge on any atom is 0.291 e. The highest BCUT2D eigenvalue weighted by atomic mass is 32.2. The van der Waals surface area contributed by atoms with Gasteiger partial charge in [-0.2, -0.15) is 0 Å². The lowest BCUT2D eigenvalue weighted by molar-refractivity contribution is 0.0937. The quantitative estimate of drug-likeness (QED) is 0.788. The number of amides is 1. The zero-order valence-corrected chi connectivity index (χ0v) is 10.7. The summed E-state index contributed by atoms with van der Waals surface area (Å²) in [6.07, 6.45) is 3.07. The van der Waals surface area contributed by atoms with Gasteiger partial charge < -0.3 is 5.32 Å². The third kappa shape index (κ3) is 2.95. The fraction of sp³-hybridized carbons (Fsp3) is 0.500. The van der Waals surface area contributed by atoms with Crippen LogP contribution in [0.5, 0.6) is 0 Å². The first-order valence-electron chi connectivity index (χ1n) is 5.63. The number of hydrogen-bond donors (Lipinski definition) is 2. The van der Waals surface area contributed by atoms with E-state index < -0.39 is 21.8 Å². The summed E-state index contributed by atoms with van der Waals surface area (Å²) < 4.78 is 22.3. The van der Waals surface area contributed by atoms with Gasteiger partial charge in [0.15, 0.2) is 9.84 Å². The molecule has 1 aliphatic rings. The minimum Gasteiger partial charge on any atom is -0.342 e. The number of H-pyrrole nitrogens is 1. The van der Waals surface area contributed by atoms with Crippen molar-refractivity contribution >= 4 is 15.7 Å². The van der Waals surface area contributed by atoms with Crippen molar-refractivity contribution in [3.05, 3.63) is 23.1 Å². The van der Waals surface area contributed by atoms with Crippen LogP contribution in [0.4, 0.5) is 0 Å². The van der Waals surface area contributed by atoms with E-state index in [2.05, 4.69) is 20.5 Å². The third-order valence-corrected chi connectivity index (χ3v) is 3.86. The molecule has 0 saturated heterocycles. The second-order valence-corrected chi connectivity index (χ2v) is 6.02. The van der Waals surface area contributed by atoms with E-state index in [4.69, 9.17) is 0 Å². The summed E-state index contributed by atoms with van der Waals surface area (Å²) in [4.78, 5) is 15.8. The van der Waals surface area contributed by atoms with Crippen molar-refractivity contribution in [1.29, 1.82) is 0 Å². The molecule has 1 amide bonds. The molecule has 0 bridgehead atoms. The molecular weight excluding hydrogens is 256 g/mol. The average Bonchev–Trinajstić information content (AvgIpc) is 2.86. The first-order chi connectivity index (χ1) is 8.50. The van der Waals surface area contributed by atoms with Crippen molar-refractivity contribution in [1.82, 2.24) is 20.5 Å². The molecule has 1 aliphatic heterocycles. The Morgan fingerprint density at radius 2 is 2.39 bits per heavy atom. The van der Waals surface area contributed by atoms with Crippen LogP contribution in [0.25, 0.3) is 0 Å². The summed E-state index contributed by atoms with van der Waals surface area (Å²) >= 11 is 0.